The molecule has 2 aliphatic heterocycles. The van der Waals surface area contributed by atoms with Crippen molar-refractivity contribution in [2.45, 2.75) is 31.2 Å². The van der Waals surface area contributed by atoms with Crippen LogP contribution in [0, 0.1) is 5.92 Å². The molecule has 0 aromatic rings. The Morgan fingerprint density at radius 3 is 2.85 bits per heavy atom. The van der Waals surface area contributed by atoms with Gasteiger partial charge < -0.3 is 4.74 Å². The zero-order valence-corrected chi connectivity index (χ0v) is 9.63. The Kier molecular flexibility index (Phi) is 4.87. The maximum absolute atomic E-state index is 5.74. The quantitative estimate of drug-likeness (QED) is 0.734. The van der Waals surface area contributed by atoms with E-state index < -0.39 is 0 Å². The normalized spacial score (nSPS) is 39.9. The minimum Gasteiger partial charge on any atom is -0.362 e. The Labute approximate surface area is 90.6 Å². The van der Waals surface area contributed by atoms with Crippen molar-refractivity contribution in [1.82, 2.24) is 5.32 Å². The second kappa shape index (κ2) is 5.44. The van der Waals surface area contributed by atoms with Gasteiger partial charge in [-0.25, -0.2) is 0 Å². The van der Waals surface area contributed by atoms with Crippen LogP contribution >= 0.6 is 24.2 Å². The van der Waals surface area contributed by atoms with E-state index in [1.54, 1.807) is 0 Å². The summed E-state index contributed by atoms with van der Waals surface area (Å²) in [4.78, 5) is 0. The van der Waals surface area contributed by atoms with Crippen LogP contribution in [-0.2, 0) is 4.74 Å². The first-order valence-electron chi connectivity index (χ1n) is 4.83. The molecule has 0 aliphatic carbocycles. The number of hydrogen-bond acceptors (Lipinski definition) is 3. The van der Waals surface area contributed by atoms with Crippen molar-refractivity contribution in [2.75, 3.05) is 18.9 Å². The summed E-state index contributed by atoms with van der Waals surface area (Å²) in [6, 6.07) is 0. The van der Waals surface area contributed by atoms with E-state index in [-0.39, 0.29) is 12.4 Å². The molecule has 2 heterocycles. The predicted molar refractivity (Wildman–Crippen MR) is 59.6 cm³/mol. The minimum atomic E-state index is 0. The number of rotatable bonds is 1. The van der Waals surface area contributed by atoms with Crippen LogP contribution in [0.25, 0.3) is 0 Å². The summed E-state index contributed by atoms with van der Waals surface area (Å²) in [5.74, 6) is 2.01. The topological polar surface area (TPSA) is 21.3 Å². The maximum Gasteiger partial charge on any atom is 0.120 e. The second-order valence-corrected chi connectivity index (χ2v) is 5.17. The van der Waals surface area contributed by atoms with E-state index >= 15 is 0 Å². The first-order chi connectivity index (χ1) is 5.86. The van der Waals surface area contributed by atoms with Crippen molar-refractivity contribution in [3.63, 3.8) is 0 Å². The molecular weight excluding hydrogens is 206 g/mol. The minimum absolute atomic E-state index is 0. The predicted octanol–water partition coefficient (Wildman–Crippen LogP) is 1.89. The largest absolute Gasteiger partial charge is 0.362 e. The molecule has 0 aromatic carbocycles. The number of halogens is 1. The third-order valence-corrected chi connectivity index (χ3v) is 3.97. The summed E-state index contributed by atoms with van der Waals surface area (Å²) < 4.78 is 5.74. The van der Waals surface area contributed by atoms with E-state index in [1.165, 1.54) is 18.6 Å². The molecule has 3 unspecified atom stereocenters. The van der Waals surface area contributed by atoms with E-state index in [1.807, 2.05) is 0 Å². The van der Waals surface area contributed by atoms with Crippen molar-refractivity contribution in [3.8, 4) is 0 Å². The monoisotopic (exact) mass is 223 g/mol. The van der Waals surface area contributed by atoms with Gasteiger partial charge in [0, 0.05) is 11.8 Å². The lowest BCUT2D eigenvalue weighted by Gasteiger charge is -2.31. The van der Waals surface area contributed by atoms with Gasteiger partial charge in [-0.05, 0) is 24.5 Å². The summed E-state index contributed by atoms with van der Waals surface area (Å²) in [6.45, 7) is 4.29. The summed E-state index contributed by atoms with van der Waals surface area (Å²) >= 11 is 2.06. The smallest absolute Gasteiger partial charge is 0.120 e. The Morgan fingerprint density at radius 1 is 1.46 bits per heavy atom. The molecule has 1 N–H and O–H groups in total. The molecule has 13 heavy (non-hydrogen) atoms. The zero-order valence-electron chi connectivity index (χ0n) is 7.99. The molecule has 2 rings (SSSR count). The van der Waals surface area contributed by atoms with Crippen LogP contribution in [0.2, 0.25) is 0 Å². The van der Waals surface area contributed by atoms with E-state index in [0.29, 0.717) is 12.1 Å². The lowest BCUT2D eigenvalue weighted by molar-refractivity contribution is -0.0242. The van der Waals surface area contributed by atoms with Gasteiger partial charge in [0.05, 0.1) is 6.61 Å². The molecule has 3 atom stereocenters. The molecule has 2 aliphatic rings. The molecular formula is C9H18ClNOS. The van der Waals surface area contributed by atoms with Crippen molar-refractivity contribution in [2.24, 2.45) is 5.92 Å². The van der Waals surface area contributed by atoms with E-state index in [0.717, 1.165) is 18.4 Å². The number of nitrogens with one attached hydrogen (secondary N) is 1. The number of ether oxygens (including phenoxy) is 1. The Hall–Kier alpha value is 0.560. The molecule has 0 spiro atoms. The molecule has 0 amide bonds. The van der Waals surface area contributed by atoms with Gasteiger partial charge in [0.1, 0.15) is 6.23 Å². The highest BCUT2D eigenvalue weighted by Gasteiger charge is 2.28. The molecule has 78 valence electrons. The van der Waals surface area contributed by atoms with Gasteiger partial charge in [-0.1, -0.05) is 6.92 Å². The number of hydrogen-bond donors (Lipinski definition) is 1. The van der Waals surface area contributed by atoms with Crippen LogP contribution in [0.4, 0.5) is 0 Å². The van der Waals surface area contributed by atoms with Gasteiger partial charge in [0.15, 0.2) is 0 Å². The molecule has 0 radical (unpaired) electrons. The first-order valence-corrected chi connectivity index (χ1v) is 5.88. The molecule has 2 nitrogen and oxygen atoms in total. The Morgan fingerprint density at radius 2 is 2.31 bits per heavy atom. The molecule has 0 bridgehead atoms. The summed E-state index contributed by atoms with van der Waals surface area (Å²) in [6.07, 6.45) is 3.04. The van der Waals surface area contributed by atoms with E-state index in [4.69, 9.17) is 4.74 Å². The van der Waals surface area contributed by atoms with Gasteiger partial charge in [0.2, 0.25) is 0 Å². The van der Waals surface area contributed by atoms with Crippen molar-refractivity contribution in [1.29, 1.82) is 0 Å². The summed E-state index contributed by atoms with van der Waals surface area (Å²) in [5, 5.41) is 4.19. The van der Waals surface area contributed by atoms with Crippen molar-refractivity contribution < 1.29 is 4.74 Å². The fourth-order valence-electron chi connectivity index (χ4n) is 1.78. The van der Waals surface area contributed by atoms with Crippen LogP contribution in [0.3, 0.4) is 0 Å². The highest BCUT2D eigenvalue weighted by atomic mass is 35.5. The van der Waals surface area contributed by atoms with Crippen LogP contribution in [0.1, 0.15) is 19.8 Å². The zero-order chi connectivity index (χ0) is 8.39. The van der Waals surface area contributed by atoms with E-state index in [2.05, 4.69) is 24.0 Å². The first kappa shape index (κ1) is 11.6. The molecule has 4 heteroatoms. The van der Waals surface area contributed by atoms with Gasteiger partial charge in [-0.2, -0.15) is 11.8 Å². The average Bonchev–Trinajstić information content (AvgIpc) is 2.58. The van der Waals surface area contributed by atoms with Gasteiger partial charge >= 0.3 is 0 Å². The third kappa shape index (κ3) is 3.01. The highest BCUT2D eigenvalue weighted by molar-refractivity contribution is 8.00. The van der Waals surface area contributed by atoms with Crippen LogP contribution in [0.5, 0.6) is 0 Å². The molecule has 2 fully saturated rings. The SMILES string of the molecule is CC1CNC(C2CCCS2)OC1.Cl. The summed E-state index contributed by atoms with van der Waals surface area (Å²) in [5.41, 5.74) is 0. The third-order valence-electron chi connectivity index (χ3n) is 2.53. The van der Waals surface area contributed by atoms with Gasteiger partial charge in [-0.15, -0.1) is 12.4 Å². The van der Waals surface area contributed by atoms with Gasteiger partial charge in [-0.3, -0.25) is 5.32 Å². The number of thioether (sulfide) groups is 1. The average molecular weight is 224 g/mol. The molecule has 2 saturated heterocycles. The second-order valence-electron chi connectivity index (χ2n) is 3.82. The van der Waals surface area contributed by atoms with Gasteiger partial charge in [0.25, 0.3) is 0 Å². The maximum atomic E-state index is 5.74. The fourth-order valence-corrected chi connectivity index (χ4v) is 3.10. The highest BCUT2D eigenvalue weighted by Crippen LogP contribution is 2.30. The van der Waals surface area contributed by atoms with Crippen LogP contribution in [-0.4, -0.2) is 30.4 Å². The Balaban J connectivity index is 0.000000845. The molecule has 0 saturated carbocycles. The van der Waals surface area contributed by atoms with Crippen LogP contribution < -0.4 is 5.32 Å². The van der Waals surface area contributed by atoms with E-state index in [9.17, 15) is 0 Å². The van der Waals surface area contributed by atoms with Crippen LogP contribution in [0.15, 0.2) is 0 Å². The van der Waals surface area contributed by atoms with Crippen molar-refractivity contribution in [3.05, 3.63) is 0 Å². The molecule has 0 aromatic heterocycles. The summed E-state index contributed by atoms with van der Waals surface area (Å²) in [7, 11) is 0. The lowest BCUT2D eigenvalue weighted by atomic mass is 10.1. The standard InChI is InChI=1S/C9H17NOS.ClH/c1-7-5-10-9(11-6-7)8-3-2-4-12-8;/h7-10H,2-6H2,1H3;1H. The lowest BCUT2D eigenvalue weighted by Crippen LogP contribution is -2.47. The van der Waals surface area contributed by atoms with Crippen molar-refractivity contribution >= 4 is 24.2 Å². The fraction of sp³-hybridized carbons (Fsp3) is 1.00. The Bertz CT molecular complexity index is 145.